The van der Waals surface area contributed by atoms with Crippen LogP contribution in [0.4, 0.5) is 0 Å². The summed E-state index contributed by atoms with van der Waals surface area (Å²) in [4.78, 5) is 8.67. The van der Waals surface area contributed by atoms with Gasteiger partial charge in [-0.1, -0.05) is 18.0 Å². The fraction of sp³-hybridized carbons (Fsp3) is 0.500. The number of nitrogens with zero attached hydrogens (tertiary/aromatic N) is 3. The van der Waals surface area contributed by atoms with E-state index in [0.29, 0.717) is 18.1 Å². The molecule has 2 N–H and O–H groups in total. The summed E-state index contributed by atoms with van der Waals surface area (Å²) in [5.41, 5.74) is 8.03. The van der Waals surface area contributed by atoms with Gasteiger partial charge >= 0.3 is 0 Å². The Kier molecular flexibility index (Phi) is 3.06. The Balaban J connectivity index is 1.79. The zero-order valence-electron chi connectivity index (χ0n) is 11.1. The van der Waals surface area contributed by atoms with Crippen molar-refractivity contribution in [1.82, 2.24) is 15.1 Å². The molecule has 0 atom stereocenters. The maximum atomic E-state index is 6.32. The third-order valence-electron chi connectivity index (χ3n) is 3.72. The highest BCUT2D eigenvalue weighted by atomic mass is 16.5. The number of hydrogen-bond acceptors (Lipinski definition) is 5. The summed E-state index contributed by atoms with van der Waals surface area (Å²) in [5.74, 6) is 1.16. The predicted octanol–water partition coefficient (Wildman–Crippen LogP) is 2.25. The fourth-order valence-corrected chi connectivity index (χ4v) is 2.65. The minimum atomic E-state index is -0.163. The van der Waals surface area contributed by atoms with Crippen molar-refractivity contribution in [3.05, 3.63) is 29.8 Å². The lowest BCUT2D eigenvalue weighted by atomic mass is 9.95. The van der Waals surface area contributed by atoms with Crippen molar-refractivity contribution in [2.24, 2.45) is 5.73 Å². The zero-order chi connectivity index (χ0) is 13.3. The van der Waals surface area contributed by atoms with Crippen molar-refractivity contribution in [2.45, 2.75) is 44.6 Å². The molecule has 0 aromatic carbocycles. The first-order valence-corrected chi connectivity index (χ1v) is 6.69. The topological polar surface area (TPSA) is 77.8 Å². The van der Waals surface area contributed by atoms with Gasteiger partial charge in [0, 0.05) is 18.2 Å². The molecule has 2 aromatic rings. The van der Waals surface area contributed by atoms with Crippen molar-refractivity contribution in [3.63, 3.8) is 0 Å². The smallest absolute Gasteiger partial charge is 0.228 e. The average molecular weight is 258 g/mol. The molecule has 0 saturated heterocycles. The molecule has 2 aromatic heterocycles. The van der Waals surface area contributed by atoms with Gasteiger partial charge in [0.25, 0.3) is 0 Å². The van der Waals surface area contributed by atoms with Gasteiger partial charge in [0.2, 0.25) is 11.7 Å². The maximum absolute atomic E-state index is 6.32. The Bertz CT molecular complexity index is 572. The minimum absolute atomic E-state index is 0.163. The van der Waals surface area contributed by atoms with E-state index in [4.69, 9.17) is 10.3 Å². The summed E-state index contributed by atoms with van der Waals surface area (Å²) in [6, 6.07) is 3.89. The average Bonchev–Trinajstić information content (AvgIpc) is 2.99. The standard InChI is InChI=1S/C14H18N4O/c1-10-4-7-16-11(8-10)13-17-12(19-18-13)9-14(15)5-2-3-6-14/h4,7-8H,2-3,5-6,9,15H2,1H3. The molecule has 5 nitrogen and oxygen atoms in total. The lowest BCUT2D eigenvalue weighted by molar-refractivity contribution is 0.329. The molecule has 0 bridgehead atoms. The number of rotatable bonds is 3. The van der Waals surface area contributed by atoms with E-state index in [1.807, 2.05) is 19.1 Å². The molecular formula is C14H18N4O. The summed E-state index contributed by atoms with van der Waals surface area (Å²) in [6.45, 7) is 2.01. The first-order valence-electron chi connectivity index (χ1n) is 6.69. The second-order valence-electron chi connectivity index (χ2n) is 5.48. The van der Waals surface area contributed by atoms with Crippen LogP contribution in [0.25, 0.3) is 11.5 Å². The Labute approximate surface area is 112 Å². The molecule has 0 aliphatic heterocycles. The van der Waals surface area contributed by atoms with E-state index in [0.717, 1.165) is 24.1 Å². The molecule has 1 saturated carbocycles. The molecule has 3 rings (SSSR count). The van der Waals surface area contributed by atoms with Crippen molar-refractivity contribution in [3.8, 4) is 11.5 Å². The van der Waals surface area contributed by atoms with E-state index in [2.05, 4.69) is 15.1 Å². The van der Waals surface area contributed by atoms with Crippen LogP contribution in [-0.2, 0) is 6.42 Å². The number of hydrogen-bond donors (Lipinski definition) is 1. The van der Waals surface area contributed by atoms with Gasteiger partial charge in [-0.2, -0.15) is 4.98 Å². The third-order valence-corrected chi connectivity index (χ3v) is 3.72. The second kappa shape index (κ2) is 4.74. The lowest BCUT2D eigenvalue weighted by Crippen LogP contribution is -2.38. The van der Waals surface area contributed by atoms with E-state index >= 15 is 0 Å². The van der Waals surface area contributed by atoms with Crippen LogP contribution in [0.2, 0.25) is 0 Å². The monoisotopic (exact) mass is 258 g/mol. The van der Waals surface area contributed by atoms with Crippen LogP contribution in [0.15, 0.2) is 22.9 Å². The maximum Gasteiger partial charge on any atom is 0.228 e. The van der Waals surface area contributed by atoms with Crippen LogP contribution >= 0.6 is 0 Å². The third kappa shape index (κ3) is 2.66. The van der Waals surface area contributed by atoms with Gasteiger partial charge < -0.3 is 10.3 Å². The van der Waals surface area contributed by atoms with Crippen molar-refractivity contribution in [1.29, 1.82) is 0 Å². The first-order chi connectivity index (χ1) is 9.15. The summed E-state index contributed by atoms with van der Waals surface area (Å²) < 4.78 is 5.30. The number of aryl methyl sites for hydroxylation is 1. The Hall–Kier alpha value is -1.75. The van der Waals surface area contributed by atoms with Gasteiger partial charge in [-0.05, 0) is 37.5 Å². The zero-order valence-corrected chi connectivity index (χ0v) is 11.1. The molecule has 0 radical (unpaired) electrons. The lowest BCUT2D eigenvalue weighted by Gasteiger charge is -2.20. The van der Waals surface area contributed by atoms with E-state index in [1.54, 1.807) is 6.20 Å². The van der Waals surface area contributed by atoms with E-state index in [9.17, 15) is 0 Å². The van der Waals surface area contributed by atoms with Crippen LogP contribution in [0.5, 0.6) is 0 Å². The second-order valence-corrected chi connectivity index (χ2v) is 5.48. The first kappa shape index (κ1) is 12.3. The summed E-state index contributed by atoms with van der Waals surface area (Å²) in [6.07, 6.45) is 6.86. The van der Waals surface area contributed by atoms with Gasteiger partial charge in [0.1, 0.15) is 5.69 Å². The highest BCUT2D eigenvalue weighted by Gasteiger charge is 2.31. The number of nitrogens with two attached hydrogens (primary N) is 1. The highest BCUT2D eigenvalue weighted by Crippen LogP contribution is 2.30. The molecule has 1 aliphatic carbocycles. The Morgan fingerprint density at radius 1 is 1.37 bits per heavy atom. The van der Waals surface area contributed by atoms with Crippen LogP contribution < -0.4 is 5.73 Å². The normalized spacial score (nSPS) is 17.8. The van der Waals surface area contributed by atoms with E-state index in [-0.39, 0.29) is 5.54 Å². The molecule has 0 amide bonds. The predicted molar refractivity (Wildman–Crippen MR) is 71.4 cm³/mol. The van der Waals surface area contributed by atoms with Gasteiger partial charge in [0.05, 0.1) is 0 Å². The largest absolute Gasteiger partial charge is 0.339 e. The van der Waals surface area contributed by atoms with Crippen molar-refractivity contribution < 1.29 is 4.52 Å². The van der Waals surface area contributed by atoms with Gasteiger partial charge in [-0.15, -0.1) is 0 Å². The highest BCUT2D eigenvalue weighted by molar-refractivity contribution is 5.48. The van der Waals surface area contributed by atoms with Crippen molar-refractivity contribution in [2.75, 3.05) is 0 Å². The summed E-state index contributed by atoms with van der Waals surface area (Å²) in [7, 11) is 0. The quantitative estimate of drug-likeness (QED) is 0.913. The van der Waals surface area contributed by atoms with E-state index in [1.165, 1.54) is 12.8 Å². The molecule has 1 fully saturated rings. The van der Waals surface area contributed by atoms with Gasteiger partial charge in [-0.25, -0.2) is 0 Å². The van der Waals surface area contributed by atoms with Crippen LogP contribution in [0, 0.1) is 6.92 Å². The molecule has 0 spiro atoms. The van der Waals surface area contributed by atoms with Crippen molar-refractivity contribution >= 4 is 0 Å². The van der Waals surface area contributed by atoms with Crippen LogP contribution in [-0.4, -0.2) is 20.7 Å². The minimum Gasteiger partial charge on any atom is -0.339 e. The molecular weight excluding hydrogens is 240 g/mol. The summed E-state index contributed by atoms with van der Waals surface area (Å²) >= 11 is 0. The molecule has 100 valence electrons. The fourth-order valence-electron chi connectivity index (χ4n) is 2.65. The van der Waals surface area contributed by atoms with Gasteiger partial charge in [0.15, 0.2) is 0 Å². The Morgan fingerprint density at radius 3 is 2.89 bits per heavy atom. The van der Waals surface area contributed by atoms with E-state index < -0.39 is 0 Å². The van der Waals surface area contributed by atoms with Gasteiger partial charge in [-0.3, -0.25) is 4.98 Å². The molecule has 1 aliphatic rings. The number of pyridine rings is 1. The molecule has 5 heteroatoms. The number of aromatic nitrogens is 3. The molecule has 2 heterocycles. The SMILES string of the molecule is Cc1ccnc(-c2noc(CC3(N)CCCC3)n2)c1. The van der Waals surface area contributed by atoms with Crippen LogP contribution in [0.3, 0.4) is 0 Å². The molecule has 0 unspecified atom stereocenters. The van der Waals surface area contributed by atoms with Crippen LogP contribution in [0.1, 0.15) is 37.1 Å². The summed E-state index contributed by atoms with van der Waals surface area (Å²) in [5, 5.41) is 4.00. The molecule has 19 heavy (non-hydrogen) atoms. The Morgan fingerprint density at radius 2 is 2.16 bits per heavy atom.